The molecule has 1 aliphatic rings. The first-order valence-electron chi connectivity index (χ1n) is 10.4. The number of ether oxygens (including phenoxy) is 1. The zero-order chi connectivity index (χ0) is 19.6. The van der Waals surface area contributed by atoms with Crippen LogP contribution in [0.4, 0.5) is 0 Å². The number of piperidine rings is 1. The molecule has 1 saturated heterocycles. The van der Waals surface area contributed by atoms with Gasteiger partial charge in [-0.3, -0.25) is 4.79 Å². The molecular formula is C24H32N2O2. The van der Waals surface area contributed by atoms with Crippen LogP contribution < -0.4 is 15.4 Å². The molecule has 1 heterocycles. The van der Waals surface area contributed by atoms with Crippen LogP contribution in [0.5, 0.6) is 5.75 Å². The second-order valence-electron chi connectivity index (χ2n) is 7.81. The van der Waals surface area contributed by atoms with Crippen molar-refractivity contribution in [2.45, 2.75) is 39.2 Å². The summed E-state index contributed by atoms with van der Waals surface area (Å²) in [7, 11) is 0. The molecule has 0 saturated carbocycles. The fourth-order valence-electron chi connectivity index (χ4n) is 3.74. The Labute approximate surface area is 168 Å². The van der Waals surface area contributed by atoms with E-state index in [2.05, 4.69) is 41.8 Å². The van der Waals surface area contributed by atoms with Crippen molar-refractivity contribution in [1.29, 1.82) is 0 Å². The fourth-order valence-corrected chi connectivity index (χ4v) is 3.74. The number of carbonyl (C=O) groups excluding carboxylic acids is 1. The molecule has 0 radical (unpaired) electrons. The van der Waals surface area contributed by atoms with Crippen LogP contribution in [0.15, 0.2) is 54.6 Å². The number of carbonyl (C=O) groups is 1. The molecule has 1 fully saturated rings. The Balaban J connectivity index is 1.34. The monoisotopic (exact) mass is 380 g/mol. The van der Waals surface area contributed by atoms with Crippen LogP contribution in [0.1, 0.15) is 37.3 Å². The highest BCUT2D eigenvalue weighted by molar-refractivity contribution is 5.76. The lowest BCUT2D eigenvalue weighted by Gasteiger charge is -2.28. The van der Waals surface area contributed by atoms with Crippen molar-refractivity contribution in [1.82, 2.24) is 10.6 Å². The minimum absolute atomic E-state index is 0.167. The number of rotatable bonds is 9. The second-order valence-corrected chi connectivity index (χ2v) is 7.81. The maximum atomic E-state index is 12.2. The maximum Gasteiger partial charge on any atom is 0.220 e. The van der Waals surface area contributed by atoms with Crippen LogP contribution in [-0.2, 0) is 17.8 Å². The standard InChI is InChI=1S/C24H32N2O2/c1-19(22-8-5-14-25-17-22)16-24(27)26-15-13-20-9-11-23(12-10-20)28-18-21-6-3-2-4-7-21/h2-4,6-7,9-12,19,22,25H,5,8,13-18H2,1H3,(H,26,27). The van der Waals surface area contributed by atoms with Gasteiger partial charge in [0, 0.05) is 13.0 Å². The van der Waals surface area contributed by atoms with E-state index in [1.54, 1.807) is 0 Å². The Hall–Kier alpha value is -2.33. The van der Waals surface area contributed by atoms with Crippen LogP contribution in [0, 0.1) is 11.8 Å². The molecule has 4 nitrogen and oxygen atoms in total. The van der Waals surface area contributed by atoms with E-state index >= 15 is 0 Å². The first-order chi connectivity index (χ1) is 13.7. The van der Waals surface area contributed by atoms with Gasteiger partial charge in [-0.05, 0) is 67.4 Å². The number of benzene rings is 2. The largest absolute Gasteiger partial charge is 0.489 e. The highest BCUT2D eigenvalue weighted by Gasteiger charge is 2.21. The van der Waals surface area contributed by atoms with Gasteiger partial charge < -0.3 is 15.4 Å². The molecular weight excluding hydrogens is 348 g/mol. The minimum atomic E-state index is 0.167. The van der Waals surface area contributed by atoms with Gasteiger partial charge in [0.2, 0.25) is 5.91 Å². The Morgan fingerprint density at radius 2 is 1.93 bits per heavy atom. The summed E-state index contributed by atoms with van der Waals surface area (Å²) in [5.41, 5.74) is 2.37. The summed E-state index contributed by atoms with van der Waals surface area (Å²) in [5.74, 6) is 2.10. The van der Waals surface area contributed by atoms with E-state index in [9.17, 15) is 4.79 Å². The molecule has 2 aromatic rings. The predicted octanol–water partition coefficient (Wildman–Crippen LogP) is 3.95. The number of amides is 1. The summed E-state index contributed by atoms with van der Waals surface area (Å²) < 4.78 is 5.82. The molecule has 2 atom stereocenters. The molecule has 0 spiro atoms. The Morgan fingerprint density at radius 3 is 2.64 bits per heavy atom. The van der Waals surface area contributed by atoms with E-state index in [1.807, 2.05) is 30.3 Å². The molecule has 0 aromatic heterocycles. The van der Waals surface area contributed by atoms with Gasteiger partial charge in [-0.1, -0.05) is 49.4 Å². The highest BCUT2D eigenvalue weighted by Crippen LogP contribution is 2.22. The fraction of sp³-hybridized carbons (Fsp3) is 0.458. The molecule has 2 aromatic carbocycles. The molecule has 2 N–H and O–H groups in total. The van der Waals surface area contributed by atoms with E-state index in [-0.39, 0.29) is 5.91 Å². The lowest BCUT2D eigenvalue weighted by atomic mass is 9.85. The van der Waals surface area contributed by atoms with E-state index in [4.69, 9.17) is 4.74 Å². The molecule has 28 heavy (non-hydrogen) atoms. The molecule has 2 unspecified atom stereocenters. The van der Waals surface area contributed by atoms with Crippen LogP contribution in [0.2, 0.25) is 0 Å². The van der Waals surface area contributed by atoms with Crippen molar-refractivity contribution in [3.05, 3.63) is 65.7 Å². The van der Waals surface area contributed by atoms with Crippen molar-refractivity contribution >= 4 is 5.91 Å². The van der Waals surface area contributed by atoms with Crippen LogP contribution >= 0.6 is 0 Å². The van der Waals surface area contributed by atoms with E-state index < -0.39 is 0 Å². The zero-order valence-corrected chi connectivity index (χ0v) is 16.8. The predicted molar refractivity (Wildman–Crippen MR) is 113 cm³/mol. The van der Waals surface area contributed by atoms with Crippen molar-refractivity contribution < 1.29 is 9.53 Å². The van der Waals surface area contributed by atoms with Crippen LogP contribution in [-0.4, -0.2) is 25.5 Å². The molecule has 4 heteroatoms. The average Bonchev–Trinajstić information content (AvgIpc) is 2.74. The summed E-state index contributed by atoms with van der Waals surface area (Å²) in [6, 6.07) is 18.3. The van der Waals surface area contributed by atoms with Gasteiger partial charge in [0.1, 0.15) is 12.4 Å². The molecule has 0 bridgehead atoms. The summed E-state index contributed by atoms with van der Waals surface area (Å²) in [6.45, 7) is 5.62. The summed E-state index contributed by atoms with van der Waals surface area (Å²) >= 11 is 0. The number of nitrogens with one attached hydrogen (secondary N) is 2. The van der Waals surface area contributed by atoms with Crippen LogP contribution in [0.3, 0.4) is 0 Å². The Kier molecular flexibility index (Phi) is 7.92. The quantitative estimate of drug-likeness (QED) is 0.693. The zero-order valence-electron chi connectivity index (χ0n) is 16.8. The average molecular weight is 381 g/mol. The van der Waals surface area contributed by atoms with Crippen molar-refractivity contribution in [3.63, 3.8) is 0 Å². The molecule has 0 aliphatic carbocycles. The minimum Gasteiger partial charge on any atom is -0.489 e. The van der Waals surface area contributed by atoms with E-state index in [0.717, 1.165) is 30.8 Å². The third kappa shape index (κ3) is 6.68. The van der Waals surface area contributed by atoms with Crippen molar-refractivity contribution in [3.8, 4) is 5.75 Å². The molecule has 1 amide bonds. The lowest BCUT2D eigenvalue weighted by molar-refractivity contribution is -0.122. The van der Waals surface area contributed by atoms with Crippen LogP contribution in [0.25, 0.3) is 0 Å². The smallest absolute Gasteiger partial charge is 0.220 e. The van der Waals surface area contributed by atoms with Gasteiger partial charge in [-0.2, -0.15) is 0 Å². The third-order valence-electron chi connectivity index (χ3n) is 5.55. The topological polar surface area (TPSA) is 50.4 Å². The van der Waals surface area contributed by atoms with E-state index in [1.165, 1.54) is 18.4 Å². The Bertz CT molecular complexity index is 709. The van der Waals surface area contributed by atoms with Gasteiger partial charge in [0.05, 0.1) is 0 Å². The highest BCUT2D eigenvalue weighted by atomic mass is 16.5. The molecule has 150 valence electrons. The molecule has 1 aliphatic heterocycles. The molecule has 3 rings (SSSR count). The van der Waals surface area contributed by atoms with Gasteiger partial charge in [-0.25, -0.2) is 0 Å². The van der Waals surface area contributed by atoms with Gasteiger partial charge in [0.25, 0.3) is 0 Å². The van der Waals surface area contributed by atoms with Crippen molar-refractivity contribution in [2.75, 3.05) is 19.6 Å². The number of hydrogen-bond acceptors (Lipinski definition) is 3. The first-order valence-corrected chi connectivity index (χ1v) is 10.4. The van der Waals surface area contributed by atoms with Gasteiger partial charge in [-0.15, -0.1) is 0 Å². The summed E-state index contributed by atoms with van der Waals surface area (Å²) in [4.78, 5) is 12.2. The normalized spacial score (nSPS) is 17.7. The van der Waals surface area contributed by atoms with Crippen molar-refractivity contribution in [2.24, 2.45) is 11.8 Å². The number of hydrogen-bond donors (Lipinski definition) is 2. The third-order valence-corrected chi connectivity index (χ3v) is 5.55. The van der Waals surface area contributed by atoms with Gasteiger partial charge >= 0.3 is 0 Å². The maximum absolute atomic E-state index is 12.2. The lowest BCUT2D eigenvalue weighted by Crippen LogP contribution is -2.36. The first kappa shape index (κ1) is 20.4. The summed E-state index contributed by atoms with van der Waals surface area (Å²) in [5, 5.41) is 6.51. The SMILES string of the molecule is CC(CC(=O)NCCc1ccc(OCc2ccccc2)cc1)C1CCCNC1. The Morgan fingerprint density at radius 1 is 1.14 bits per heavy atom. The summed E-state index contributed by atoms with van der Waals surface area (Å²) in [6.07, 6.45) is 3.92. The van der Waals surface area contributed by atoms with Gasteiger partial charge in [0.15, 0.2) is 0 Å². The second kappa shape index (κ2) is 10.9. The van der Waals surface area contributed by atoms with E-state index in [0.29, 0.717) is 31.4 Å².